The SMILES string of the molecule is O=C(O)CC1C/C(=C2/C(=O)Nc3ccccc32)c2ccc(O)cc21. The number of phenols is 1. The Morgan fingerprint density at radius 3 is 2.75 bits per heavy atom. The Hall–Kier alpha value is -3.08. The van der Waals surface area contributed by atoms with Gasteiger partial charge in [-0.25, -0.2) is 0 Å². The van der Waals surface area contributed by atoms with Crippen molar-refractivity contribution < 1.29 is 19.8 Å². The molecule has 2 aromatic carbocycles. The van der Waals surface area contributed by atoms with E-state index in [-0.39, 0.29) is 24.0 Å². The molecule has 0 aromatic heterocycles. The molecule has 120 valence electrons. The highest BCUT2D eigenvalue weighted by atomic mass is 16.4. The number of hydrogen-bond acceptors (Lipinski definition) is 3. The second-order valence-electron chi connectivity index (χ2n) is 6.12. The van der Waals surface area contributed by atoms with Crippen molar-refractivity contribution in [3.05, 3.63) is 59.2 Å². The standard InChI is InChI=1S/C19H15NO4/c21-11-5-6-12-14(9-11)10(8-17(22)23)7-15(12)18-13-3-1-2-4-16(13)20-19(18)24/h1-6,9-10,21H,7-8H2,(H,20,24)(H,22,23)/b18-15-. The van der Waals surface area contributed by atoms with Gasteiger partial charge in [-0.05, 0) is 47.2 Å². The van der Waals surface area contributed by atoms with Crippen LogP contribution in [0.2, 0.25) is 0 Å². The fourth-order valence-electron chi connectivity index (χ4n) is 3.68. The molecule has 1 heterocycles. The van der Waals surface area contributed by atoms with E-state index >= 15 is 0 Å². The Bertz CT molecular complexity index is 913. The van der Waals surface area contributed by atoms with Gasteiger partial charge >= 0.3 is 5.97 Å². The third-order valence-corrected chi connectivity index (χ3v) is 4.65. The molecule has 4 rings (SSSR count). The highest BCUT2D eigenvalue weighted by molar-refractivity contribution is 6.37. The summed E-state index contributed by atoms with van der Waals surface area (Å²) in [4.78, 5) is 23.7. The van der Waals surface area contributed by atoms with Crippen LogP contribution in [0.25, 0.3) is 11.1 Å². The lowest BCUT2D eigenvalue weighted by Gasteiger charge is -2.07. The molecular weight excluding hydrogens is 306 g/mol. The zero-order valence-electron chi connectivity index (χ0n) is 12.7. The number of amides is 1. The minimum atomic E-state index is -0.892. The van der Waals surface area contributed by atoms with Gasteiger partial charge in [0.05, 0.1) is 12.0 Å². The Morgan fingerprint density at radius 1 is 1.17 bits per heavy atom. The smallest absolute Gasteiger partial charge is 0.303 e. The molecule has 1 aliphatic carbocycles. The summed E-state index contributed by atoms with van der Waals surface area (Å²) in [7, 11) is 0. The van der Waals surface area contributed by atoms with Crippen molar-refractivity contribution in [2.45, 2.75) is 18.8 Å². The van der Waals surface area contributed by atoms with Gasteiger partial charge < -0.3 is 15.5 Å². The maximum absolute atomic E-state index is 12.5. The second kappa shape index (κ2) is 5.23. The van der Waals surface area contributed by atoms with Crippen LogP contribution in [0.1, 0.15) is 35.4 Å². The van der Waals surface area contributed by atoms with Crippen molar-refractivity contribution in [2.24, 2.45) is 0 Å². The van der Waals surface area contributed by atoms with Crippen LogP contribution in [0, 0.1) is 0 Å². The number of aromatic hydroxyl groups is 1. The number of anilines is 1. The second-order valence-corrected chi connectivity index (χ2v) is 6.12. The Labute approximate surface area is 138 Å². The molecule has 0 bridgehead atoms. The lowest BCUT2D eigenvalue weighted by Crippen LogP contribution is -2.05. The first-order valence-corrected chi connectivity index (χ1v) is 7.73. The number of rotatable bonds is 2. The molecule has 0 fully saturated rings. The van der Waals surface area contributed by atoms with Crippen molar-refractivity contribution in [1.82, 2.24) is 0 Å². The van der Waals surface area contributed by atoms with Gasteiger partial charge in [-0.2, -0.15) is 0 Å². The number of para-hydroxylation sites is 1. The Kier molecular flexibility index (Phi) is 3.16. The van der Waals surface area contributed by atoms with Crippen LogP contribution in [0.4, 0.5) is 5.69 Å². The molecule has 5 heteroatoms. The summed E-state index contributed by atoms with van der Waals surface area (Å²) in [6.07, 6.45) is 0.443. The summed E-state index contributed by atoms with van der Waals surface area (Å²) < 4.78 is 0. The fourth-order valence-corrected chi connectivity index (χ4v) is 3.68. The first-order chi connectivity index (χ1) is 11.5. The quantitative estimate of drug-likeness (QED) is 0.741. The van der Waals surface area contributed by atoms with Gasteiger partial charge in [0.15, 0.2) is 0 Å². The largest absolute Gasteiger partial charge is 0.508 e. The number of aliphatic carboxylic acids is 1. The molecule has 2 aromatic rings. The topological polar surface area (TPSA) is 86.6 Å². The molecule has 1 unspecified atom stereocenters. The van der Waals surface area contributed by atoms with Gasteiger partial charge in [-0.3, -0.25) is 9.59 Å². The first-order valence-electron chi connectivity index (χ1n) is 7.73. The van der Waals surface area contributed by atoms with Gasteiger partial charge in [-0.15, -0.1) is 0 Å². The van der Waals surface area contributed by atoms with Crippen LogP contribution < -0.4 is 5.32 Å². The van der Waals surface area contributed by atoms with Crippen LogP contribution in [-0.4, -0.2) is 22.1 Å². The molecule has 3 N–H and O–H groups in total. The number of carboxylic acids is 1. The molecule has 0 saturated carbocycles. The third kappa shape index (κ3) is 2.17. The van der Waals surface area contributed by atoms with Gasteiger partial charge in [0.1, 0.15) is 5.75 Å². The number of nitrogens with one attached hydrogen (secondary N) is 1. The normalized spacial score (nSPS) is 21.3. The van der Waals surface area contributed by atoms with Gasteiger partial charge in [0.25, 0.3) is 5.91 Å². The van der Waals surface area contributed by atoms with Crippen molar-refractivity contribution in [2.75, 3.05) is 5.32 Å². The van der Waals surface area contributed by atoms with Crippen LogP contribution in [0.3, 0.4) is 0 Å². The summed E-state index contributed by atoms with van der Waals surface area (Å²) in [5.74, 6) is -1.20. The number of fused-ring (bicyclic) bond motifs is 2. The van der Waals surface area contributed by atoms with Crippen molar-refractivity contribution in [3.8, 4) is 5.75 Å². The molecule has 24 heavy (non-hydrogen) atoms. The van der Waals surface area contributed by atoms with Crippen LogP contribution in [0.15, 0.2) is 42.5 Å². The number of carbonyl (C=O) groups excluding carboxylic acids is 1. The predicted octanol–water partition coefficient (Wildman–Crippen LogP) is 3.22. The molecular formula is C19H15NO4. The van der Waals surface area contributed by atoms with E-state index in [9.17, 15) is 19.8 Å². The minimum absolute atomic E-state index is 0.0313. The van der Waals surface area contributed by atoms with E-state index in [1.807, 2.05) is 24.3 Å². The predicted molar refractivity (Wildman–Crippen MR) is 89.6 cm³/mol. The van der Waals surface area contributed by atoms with E-state index in [2.05, 4.69) is 5.32 Å². The highest BCUT2D eigenvalue weighted by Crippen LogP contribution is 2.49. The summed E-state index contributed by atoms with van der Waals surface area (Å²) in [5.41, 5.74) is 4.70. The van der Waals surface area contributed by atoms with E-state index in [0.717, 1.165) is 28.0 Å². The van der Waals surface area contributed by atoms with Gasteiger partial charge in [-0.1, -0.05) is 24.3 Å². The first kappa shape index (κ1) is 14.5. The molecule has 0 radical (unpaired) electrons. The van der Waals surface area contributed by atoms with Crippen molar-refractivity contribution in [1.29, 1.82) is 0 Å². The maximum atomic E-state index is 12.5. The lowest BCUT2D eigenvalue weighted by molar-refractivity contribution is -0.137. The number of phenolic OH excluding ortho intramolecular Hbond substituents is 1. The lowest BCUT2D eigenvalue weighted by atomic mass is 9.96. The average molecular weight is 321 g/mol. The van der Waals surface area contributed by atoms with Crippen LogP contribution >= 0.6 is 0 Å². The van der Waals surface area contributed by atoms with Gasteiger partial charge in [0, 0.05) is 11.3 Å². The highest BCUT2D eigenvalue weighted by Gasteiger charge is 2.35. The van der Waals surface area contributed by atoms with Crippen LogP contribution in [-0.2, 0) is 9.59 Å². The molecule has 2 aliphatic rings. The van der Waals surface area contributed by atoms with E-state index < -0.39 is 5.97 Å². The minimum Gasteiger partial charge on any atom is -0.508 e. The number of hydrogen-bond donors (Lipinski definition) is 3. The number of carboxylic acid groups (broad SMARTS) is 1. The van der Waals surface area contributed by atoms with E-state index in [1.54, 1.807) is 18.2 Å². The summed E-state index contributed by atoms with van der Waals surface area (Å²) in [6, 6.07) is 12.4. The molecule has 1 atom stereocenters. The molecule has 1 aliphatic heterocycles. The van der Waals surface area contributed by atoms with Gasteiger partial charge in [0.2, 0.25) is 0 Å². The number of carbonyl (C=O) groups is 2. The van der Waals surface area contributed by atoms with E-state index in [0.29, 0.717) is 12.0 Å². The van der Waals surface area contributed by atoms with Crippen molar-refractivity contribution >= 4 is 28.7 Å². The van der Waals surface area contributed by atoms with E-state index in [4.69, 9.17) is 0 Å². The monoisotopic (exact) mass is 321 g/mol. The van der Waals surface area contributed by atoms with Crippen molar-refractivity contribution in [3.63, 3.8) is 0 Å². The van der Waals surface area contributed by atoms with E-state index in [1.165, 1.54) is 0 Å². The average Bonchev–Trinajstić information content (AvgIpc) is 3.03. The summed E-state index contributed by atoms with van der Waals surface area (Å²) in [5, 5.41) is 21.8. The zero-order chi connectivity index (χ0) is 16.8. The molecule has 1 amide bonds. The molecule has 0 saturated heterocycles. The third-order valence-electron chi connectivity index (χ3n) is 4.65. The maximum Gasteiger partial charge on any atom is 0.303 e. The summed E-state index contributed by atoms with van der Waals surface area (Å²) in [6.45, 7) is 0. The Morgan fingerprint density at radius 2 is 1.96 bits per heavy atom. The van der Waals surface area contributed by atoms with Crippen LogP contribution in [0.5, 0.6) is 5.75 Å². The fraction of sp³-hybridized carbons (Fsp3) is 0.158. The molecule has 0 spiro atoms. The summed E-state index contributed by atoms with van der Waals surface area (Å²) >= 11 is 0. The number of benzene rings is 2. The number of allylic oxidation sites excluding steroid dienone is 1. The zero-order valence-corrected chi connectivity index (χ0v) is 12.7. The Balaban J connectivity index is 1.92. The molecule has 5 nitrogen and oxygen atoms in total.